The van der Waals surface area contributed by atoms with Crippen LogP contribution in [0.15, 0.2) is 41.5 Å². The van der Waals surface area contributed by atoms with Crippen molar-refractivity contribution < 1.29 is 4.74 Å². The molecule has 0 aliphatic rings. The van der Waals surface area contributed by atoms with E-state index in [0.29, 0.717) is 6.54 Å². The first kappa shape index (κ1) is 9.58. The lowest BCUT2D eigenvalue weighted by molar-refractivity contribution is 0.414. The predicted molar refractivity (Wildman–Crippen MR) is 57.1 cm³/mol. The van der Waals surface area contributed by atoms with Crippen molar-refractivity contribution in [3.63, 3.8) is 0 Å². The zero-order valence-corrected chi connectivity index (χ0v) is 8.43. The van der Waals surface area contributed by atoms with Gasteiger partial charge >= 0.3 is 5.69 Å². The average Bonchev–Trinajstić information content (AvgIpc) is 2.65. The number of hydrogen-bond donors (Lipinski definition) is 1. The summed E-state index contributed by atoms with van der Waals surface area (Å²) in [6.07, 6.45) is 3.35. The van der Waals surface area contributed by atoms with Gasteiger partial charge in [0, 0.05) is 12.4 Å². The van der Waals surface area contributed by atoms with Crippen LogP contribution in [-0.4, -0.2) is 16.7 Å². The molecule has 1 heterocycles. The first-order chi connectivity index (χ1) is 7.29. The van der Waals surface area contributed by atoms with E-state index in [0.717, 1.165) is 11.3 Å². The van der Waals surface area contributed by atoms with Crippen LogP contribution in [0.1, 0.15) is 5.56 Å². The lowest BCUT2D eigenvalue weighted by atomic mass is 10.2. The smallest absolute Gasteiger partial charge is 0.325 e. The van der Waals surface area contributed by atoms with Crippen LogP contribution in [0.5, 0.6) is 5.75 Å². The third kappa shape index (κ3) is 2.10. The van der Waals surface area contributed by atoms with Crippen molar-refractivity contribution in [1.29, 1.82) is 0 Å². The molecule has 0 fully saturated rings. The molecule has 0 atom stereocenters. The van der Waals surface area contributed by atoms with Crippen molar-refractivity contribution in [2.75, 3.05) is 7.11 Å². The van der Waals surface area contributed by atoms with E-state index >= 15 is 0 Å². The minimum atomic E-state index is -0.0992. The summed E-state index contributed by atoms with van der Waals surface area (Å²) in [6.45, 7) is 0.555. The van der Waals surface area contributed by atoms with Gasteiger partial charge in [-0.3, -0.25) is 4.57 Å². The van der Waals surface area contributed by atoms with Crippen molar-refractivity contribution in [3.05, 3.63) is 52.7 Å². The van der Waals surface area contributed by atoms with Crippen molar-refractivity contribution in [3.8, 4) is 5.75 Å². The third-order valence-electron chi connectivity index (χ3n) is 2.21. The molecule has 2 rings (SSSR count). The van der Waals surface area contributed by atoms with Crippen molar-refractivity contribution >= 4 is 0 Å². The topological polar surface area (TPSA) is 47.0 Å². The predicted octanol–water partition coefficient (Wildman–Crippen LogP) is 1.23. The number of H-pyrrole nitrogens is 1. The van der Waals surface area contributed by atoms with Crippen molar-refractivity contribution in [2.24, 2.45) is 0 Å². The number of rotatable bonds is 3. The average molecular weight is 204 g/mol. The third-order valence-corrected chi connectivity index (χ3v) is 2.21. The molecule has 0 unspecified atom stereocenters. The first-order valence-electron chi connectivity index (χ1n) is 4.66. The fourth-order valence-electron chi connectivity index (χ4n) is 1.44. The van der Waals surface area contributed by atoms with Crippen LogP contribution in [0.4, 0.5) is 0 Å². The molecule has 4 heteroatoms. The molecule has 2 aromatic rings. The molecule has 78 valence electrons. The second-order valence-corrected chi connectivity index (χ2v) is 3.24. The molecular formula is C11H12N2O2. The number of hydrogen-bond acceptors (Lipinski definition) is 2. The van der Waals surface area contributed by atoms with Gasteiger partial charge in [-0.25, -0.2) is 4.79 Å². The SMILES string of the molecule is COc1cccc(Cn2cc[nH]c2=O)c1. The zero-order chi connectivity index (χ0) is 10.7. The van der Waals surface area contributed by atoms with E-state index in [4.69, 9.17) is 4.74 Å². The van der Waals surface area contributed by atoms with Crippen LogP contribution in [0.2, 0.25) is 0 Å². The Balaban J connectivity index is 2.24. The van der Waals surface area contributed by atoms with Gasteiger partial charge in [0.15, 0.2) is 0 Å². The Bertz CT molecular complexity index is 499. The Morgan fingerprint density at radius 1 is 1.47 bits per heavy atom. The van der Waals surface area contributed by atoms with Crippen LogP contribution < -0.4 is 10.4 Å². The number of nitrogens with zero attached hydrogens (tertiary/aromatic N) is 1. The number of nitrogens with one attached hydrogen (secondary N) is 1. The fourth-order valence-corrected chi connectivity index (χ4v) is 1.44. The van der Waals surface area contributed by atoms with Gasteiger partial charge in [0.1, 0.15) is 5.75 Å². The highest BCUT2D eigenvalue weighted by Crippen LogP contribution is 2.12. The van der Waals surface area contributed by atoms with Gasteiger partial charge in [-0.05, 0) is 17.7 Å². The highest BCUT2D eigenvalue weighted by molar-refractivity contribution is 5.28. The van der Waals surface area contributed by atoms with E-state index in [1.54, 1.807) is 24.1 Å². The highest BCUT2D eigenvalue weighted by Gasteiger charge is 1.99. The Labute approximate surface area is 87.1 Å². The van der Waals surface area contributed by atoms with Gasteiger partial charge < -0.3 is 9.72 Å². The van der Waals surface area contributed by atoms with Gasteiger partial charge in [0.2, 0.25) is 0 Å². The molecule has 1 aromatic heterocycles. The van der Waals surface area contributed by atoms with Crippen LogP contribution in [0, 0.1) is 0 Å². The molecule has 1 aromatic carbocycles. The van der Waals surface area contributed by atoms with Crippen molar-refractivity contribution in [2.45, 2.75) is 6.54 Å². The number of aromatic amines is 1. The lowest BCUT2D eigenvalue weighted by Gasteiger charge is -2.04. The molecule has 0 spiro atoms. The van der Waals surface area contributed by atoms with Crippen LogP contribution >= 0.6 is 0 Å². The number of aromatic nitrogens is 2. The minimum Gasteiger partial charge on any atom is -0.497 e. The largest absolute Gasteiger partial charge is 0.497 e. The standard InChI is InChI=1S/C11H12N2O2/c1-15-10-4-2-3-9(7-10)8-13-6-5-12-11(13)14/h2-7H,8H2,1H3,(H,12,14). The summed E-state index contributed by atoms with van der Waals surface area (Å²) in [7, 11) is 1.63. The zero-order valence-electron chi connectivity index (χ0n) is 8.43. The summed E-state index contributed by atoms with van der Waals surface area (Å²) >= 11 is 0. The molecule has 4 nitrogen and oxygen atoms in total. The molecule has 0 radical (unpaired) electrons. The number of ether oxygens (including phenoxy) is 1. The Morgan fingerprint density at radius 2 is 2.33 bits per heavy atom. The number of benzene rings is 1. The summed E-state index contributed by atoms with van der Waals surface area (Å²) in [5.74, 6) is 0.802. The Hall–Kier alpha value is -1.97. The first-order valence-corrected chi connectivity index (χ1v) is 4.66. The van der Waals surface area contributed by atoms with Gasteiger partial charge in [-0.1, -0.05) is 12.1 Å². The quantitative estimate of drug-likeness (QED) is 0.817. The van der Waals surface area contributed by atoms with Gasteiger partial charge in [0.05, 0.1) is 13.7 Å². The van der Waals surface area contributed by atoms with E-state index in [-0.39, 0.29) is 5.69 Å². The molecule has 0 bridgehead atoms. The highest BCUT2D eigenvalue weighted by atomic mass is 16.5. The van der Waals surface area contributed by atoms with Gasteiger partial charge in [-0.15, -0.1) is 0 Å². The maximum Gasteiger partial charge on any atom is 0.325 e. The van der Waals surface area contributed by atoms with E-state index in [1.807, 2.05) is 24.3 Å². The second-order valence-electron chi connectivity index (χ2n) is 3.24. The molecule has 0 aliphatic heterocycles. The minimum absolute atomic E-state index is 0.0992. The molecule has 15 heavy (non-hydrogen) atoms. The Morgan fingerprint density at radius 3 is 3.00 bits per heavy atom. The van der Waals surface area contributed by atoms with Crippen LogP contribution in [-0.2, 0) is 6.54 Å². The summed E-state index contributed by atoms with van der Waals surface area (Å²) in [5.41, 5.74) is 0.939. The van der Waals surface area contributed by atoms with E-state index in [1.165, 1.54) is 0 Å². The van der Waals surface area contributed by atoms with E-state index in [2.05, 4.69) is 4.98 Å². The molecule has 0 saturated heterocycles. The molecular weight excluding hydrogens is 192 g/mol. The van der Waals surface area contributed by atoms with Crippen molar-refractivity contribution in [1.82, 2.24) is 9.55 Å². The summed E-state index contributed by atoms with van der Waals surface area (Å²) in [6, 6.07) is 7.66. The summed E-state index contributed by atoms with van der Waals surface area (Å²) in [5, 5.41) is 0. The van der Waals surface area contributed by atoms with E-state index < -0.39 is 0 Å². The monoisotopic (exact) mass is 204 g/mol. The maximum absolute atomic E-state index is 11.3. The second kappa shape index (κ2) is 4.04. The van der Waals surface area contributed by atoms with Gasteiger partial charge in [0.25, 0.3) is 0 Å². The summed E-state index contributed by atoms with van der Waals surface area (Å²) < 4.78 is 6.71. The Kier molecular flexibility index (Phi) is 2.58. The summed E-state index contributed by atoms with van der Waals surface area (Å²) in [4.78, 5) is 13.8. The maximum atomic E-state index is 11.3. The fraction of sp³-hybridized carbons (Fsp3) is 0.182. The molecule has 0 saturated carbocycles. The molecule has 0 amide bonds. The lowest BCUT2D eigenvalue weighted by Crippen LogP contribution is -2.16. The number of imidazole rings is 1. The van der Waals surface area contributed by atoms with Gasteiger partial charge in [-0.2, -0.15) is 0 Å². The van der Waals surface area contributed by atoms with E-state index in [9.17, 15) is 4.79 Å². The normalized spacial score (nSPS) is 10.2. The molecule has 0 aliphatic carbocycles. The molecule has 1 N–H and O–H groups in total. The number of methoxy groups -OCH3 is 1. The van der Waals surface area contributed by atoms with Crippen LogP contribution in [0.25, 0.3) is 0 Å². The van der Waals surface area contributed by atoms with Crippen LogP contribution in [0.3, 0.4) is 0 Å².